The van der Waals surface area contributed by atoms with Gasteiger partial charge in [-0.3, -0.25) is 9.59 Å². The summed E-state index contributed by atoms with van der Waals surface area (Å²) in [5.41, 5.74) is 4.58. The Hall–Kier alpha value is -3.54. The number of aryl methyl sites for hydroxylation is 2. The maximum Gasteiger partial charge on any atom is 0.275 e. The fraction of sp³-hybridized carbons (Fsp3) is 0.379. The summed E-state index contributed by atoms with van der Waals surface area (Å²) in [6.07, 6.45) is 1.80. The zero-order valence-electron chi connectivity index (χ0n) is 21.3. The molecule has 1 saturated heterocycles. The summed E-state index contributed by atoms with van der Waals surface area (Å²) in [6, 6.07) is 16.7. The van der Waals surface area contributed by atoms with Crippen molar-refractivity contribution in [1.82, 2.24) is 14.0 Å². The molecular weight excluding hydrogens is 436 g/mol. The number of aromatic nitrogens is 2. The van der Waals surface area contributed by atoms with Crippen LogP contribution < -0.4 is 10.5 Å². The Morgan fingerprint density at radius 2 is 1.86 bits per heavy atom. The molecule has 1 amide bonds. The lowest BCUT2D eigenvalue weighted by Gasteiger charge is -2.41. The molecule has 35 heavy (non-hydrogen) atoms. The molecule has 4 aromatic rings. The Kier molecular flexibility index (Phi) is 5.91. The van der Waals surface area contributed by atoms with Gasteiger partial charge in [0, 0.05) is 67.4 Å². The summed E-state index contributed by atoms with van der Waals surface area (Å²) >= 11 is 0. The van der Waals surface area contributed by atoms with Gasteiger partial charge >= 0.3 is 0 Å². The predicted octanol–water partition coefficient (Wildman–Crippen LogP) is 4.81. The topological polar surface area (TPSA) is 50.5 Å². The highest BCUT2D eigenvalue weighted by atomic mass is 16.2. The lowest BCUT2D eigenvalue weighted by atomic mass is 10.1. The number of pyridine rings is 1. The molecule has 0 aliphatic carbocycles. The van der Waals surface area contributed by atoms with E-state index >= 15 is 0 Å². The number of rotatable bonds is 4. The minimum Gasteiger partial charge on any atom is -0.365 e. The molecule has 1 aliphatic rings. The molecule has 2 aromatic carbocycles. The molecule has 0 bridgehead atoms. The Bertz CT molecular complexity index is 1480. The van der Waals surface area contributed by atoms with Crippen LogP contribution in [0.1, 0.15) is 36.7 Å². The van der Waals surface area contributed by atoms with E-state index in [2.05, 4.69) is 56.9 Å². The van der Waals surface area contributed by atoms with Crippen molar-refractivity contribution in [1.29, 1.82) is 0 Å². The first kappa shape index (κ1) is 23.2. The standard InChI is InChI=1S/C29H34N4O2/c1-19(2)16-32-18-24(26-23-11-6-7-12-25(23)30(5)27(26)29(32)35)28(34)31-13-14-33(21(4)17-31)22-10-8-9-20(3)15-22/h6-12,15,18-19,21H,13-14,16-17H2,1-5H3. The molecule has 182 valence electrons. The quantitative estimate of drug-likeness (QED) is 0.430. The second-order valence-electron chi connectivity index (χ2n) is 10.3. The van der Waals surface area contributed by atoms with Gasteiger partial charge in [-0.25, -0.2) is 0 Å². The highest BCUT2D eigenvalue weighted by Crippen LogP contribution is 2.30. The van der Waals surface area contributed by atoms with Crippen molar-refractivity contribution in [2.24, 2.45) is 13.0 Å². The summed E-state index contributed by atoms with van der Waals surface area (Å²) in [5.74, 6) is 0.292. The number of benzene rings is 2. The molecule has 1 aliphatic heterocycles. The van der Waals surface area contributed by atoms with Crippen molar-refractivity contribution in [3.8, 4) is 0 Å². The Balaban J connectivity index is 1.57. The van der Waals surface area contributed by atoms with Crippen LogP contribution in [0, 0.1) is 12.8 Å². The van der Waals surface area contributed by atoms with Crippen LogP contribution in [0.25, 0.3) is 21.8 Å². The van der Waals surface area contributed by atoms with E-state index in [0.29, 0.717) is 36.6 Å². The number of para-hydroxylation sites is 1. The van der Waals surface area contributed by atoms with Crippen LogP contribution in [-0.4, -0.2) is 45.6 Å². The van der Waals surface area contributed by atoms with Crippen LogP contribution in [-0.2, 0) is 13.6 Å². The van der Waals surface area contributed by atoms with Crippen LogP contribution in [0.3, 0.4) is 0 Å². The van der Waals surface area contributed by atoms with Gasteiger partial charge in [-0.2, -0.15) is 0 Å². The largest absolute Gasteiger partial charge is 0.365 e. The van der Waals surface area contributed by atoms with Gasteiger partial charge < -0.3 is 18.9 Å². The van der Waals surface area contributed by atoms with Gasteiger partial charge in [-0.05, 0) is 43.5 Å². The van der Waals surface area contributed by atoms with E-state index in [-0.39, 0.29) is 17.5 Å². The highest BCUT2D eigenvalue weighted by Gasteiger charge is 2.30. The van der Waals surface area contributed by atoms with Crippen molar-refractivity contribution < 1.29 is 4.79 Å². The molecule has 1 unspecified atom stereocenters. The smallest absolute Gasteiger partial charge is 0.275 e. The molecule has 0 N–H and O–H groups in total. The van der Waals surface area contributed by atoms with Crippen LogP contribution in [0.2, 0.25) is 0 Å². The summed E-state index contributed by atoms with van der Waals surface area (Å²) in [5, 5.41) is 1.72. The third kappa shape index (κ3) is 4.01. The third-order valence-corrected chi connectivity index (χ3v) is 7.16. The van der Waals surface area contributed by atoms with Crippen LogP contribution >= 0.6 is 0 Å². The minimum atomic E-state index is -0.0402. The van der Waals surface area contributed by atoms with Crippen molar-refractivity contribution in [2.75, 3.05) is 24.5 Å². The Labute approximate surface area is 206 Å². The first-order valence-electron chi connectivity index (χ1n) is 12.5. The van der Waals surface area contributed by atoms with E-state index in [4.69, 9.17) is 0 Å². The number of nitrogens with zero attached hydrogens (tertiary/aromatic N) is 4. The van der Waals surface area contributed by atoms with Crippen molar-refractivity contribution in [2.45, 2.75) is 40.3 Å². The Morgan fingerprint density at radius 3 is 2.57 bits per heavy atom. The molecule has 6 heteroatoms. The molecule has 6 nitrogen and oxygen atoms in total. The average Bonchev–Trinajstić information content (AvgIpc) is 3.13. The number of hydrogen-bond donors (Lipinski definition) is 0. The van der Waals surface area contributed by atoms with Crippen LogP contribution in [0.5, 0.6) is 0 Å². The zero-order valence-corrected chi connectivity index (χ0v) is 21.3. The normalized spacial score (nSPS) is 16.6. The summed E-state index contributed by atoms with van der Waals surface area (Å²) in [6.45, 7) is 11.1. The zero-order chi connectivity index (χ0) is 24.9. The van der Waals surface area contributed by atoms with E-state index in [0.717, 1.165) is 22.8 Å². The van der Waals surface area contributed by atoms with E-state index in [1.165, 1.54) is 11.3 Å². The minimum absolute atomic E-state index is 0.000369. The molecule has 1 atom stereocenters. The highest BCUT2D eigenvalue weighted by molar-refractivity contribution is 6.17. The molecule has 2 aromatic heterocycles. The number of amides is 1. The van der Waals surface area contributed by atoms with Crippen molar-refractivity contribution in [3.05, 3.63) is 76.2 Å². The first-order valence-corrected chi connectivity index (χ1v) is 12.5. The van der Waals surface area contributed by atoms with E-state index in [1.807, 2.05) is 40.8 Å². The number of fused-ring (bicyclic) bond motifs is 3. The third-order valence-electron chi connectivity index (χ3n) is 7.16. The second kappa shape index (κ2) is 8.91. The molecular formula is C29H34N4O2. The Morgan fingerprint density at radius 1 is 1.09 bits per heavy atom. The monoisotopic (exact) mass is 470 g/mol. The molecule has 0 radical (unpaired) electrons. The average molecular weight is 471 g/mol. The molecule has 3 heterocycles. The summed E-state index contributed by atoms with van der Waals surface area (Å²) in [7, 11) is 1.92. The van der Waals surface area contributed by atoms with Crippen molar-refractivity contribution >= 4 is 33.4 Å². The van der Waals surface area contributed by atoms with Gasteiger partial charge in [0.2, 0.25) is 0 Å². The van der Waals surface area contributed by atoms with Gasteiger partial charge in [-0.1, -0.05) is 44.2 Å². The molecule has 1 fully saturated rings. The van der Waals surface area contributed by atoms with Gasteiger partial charge in [0.15, 0.2) is 0 Å². The lowest BCUT2D eigenvalue weighted by molar-refractivity contribution is 0.0727. The maximum atomic E-state index is 14.0. The van der Waals surface area contributed by atoms with Gasteiger partial charge in [0.25, 0.3) is 11.5 Å². The van der Waals surface area contributed by atoms with E-state index < -0.39 is 0 Å². The number of carbonyl (C=O) groups excluding carboxylic acids is 1. The van der Waals surface area contributed by atoms with Crippen LogP contribution in [0.4, 0.5) is 5.69 Å². The summed E-state index contributed by atoms with van der Waals surface area (Å²) in [4.78, 5) is 31.9. The first-order chi connectivity index (χ1) is 16.8. The second-order valence-corrected chi connectivity index (χ2v) is 10.3. The number of hydrogen-bond acceptors (Lipinski definition) is 3. The number of carbonyl (C=O) groups is 1. The molecule has 0 spiro atoms. The fourth-order valence-corrected chi connectivity index (χ4v) is 5.53. The maximum absolute atomic E-state index is 14.0. The molecule has 0 saturated carbocycles. The predicted molar refractivity (Wildman–Crippen MR) is 143 cm³/mol. The van der Waals surface area contributed by atoms with Crippen LogP contribution in [0.15, 0.2) is 59.5 Å². The fourth-order valence-electron chi connectivity index (χ4n) is 5.53. The molecule has 5 rings (SSSR count). The van der Waals surface area contributed by atoms with E-state index in [1.54, 1.807) is 10.8 Å². The lowest BCUT2D eigenvalue weighted by Crippen LogP contribution is -2.54. The van der Waals surface area contributed by atoms with E-state index in [9.17, 15) is 9.59 Å². The number of anilines is 1. The van der Waals surface area contributed by atoms with Gasteiger partial charge in [-0.15, -0.1) is 0 Å². The van der Waals surface area contributed by atoms with Gasteiger partial charge in [0.1, 0.15) is 5.52 Å². The SMILES string of the molecule is Cc1cccc(N2CCN(C(=O)c3cn(CC(C)C)c(=O)c4c3c3ccccc3n4C)CC2C)c1. The number of piperazine rings is 1. The van der Waals surface area contributed by atoms with Crippen molar-refractivity contribution in [3.63, 3.8) is 0 Å². The summed E-state index contributed by atoms with van der Waals surface area (Å²) < 4.78 is 3.67. The van der Waals surface area contributed by atoms with Gasteiger partial charge in [0.05, 0.1) is 5.56 Å².